The molecule has 6 rings (SSSR count). The number of nitrogens with zero attached hydrogens (tertiary/aromatic N) is 1. The van der Waals surface area contributed by atoms with Crippen LogP contribution in [0.25, 0.3) is 21.7 Å². The van der Waals surface area contributed by atoms with Gasteiger partial charge in [-0.3, -0.25) is 0 Å². The zero-order valence-electron chi connectivity index (χ0n) is 15.3. The Morgan fingerprint density at radius 3 is 1.93 bits per heavy atom. The van der Waals surface area contributed by atoms with Crippen LogP contribution in [0.2, 0.25) is 0 Å². The van der Waals surface area contributed by atoms with Crippen LogP contribution in [0, 0.1) is 0 Å². The lowest BCUT2D eigenvalue weighted by atomic mass is 9.40. The molecule has 1 aliphatic heterocycles. The van der Waals surface area contributed by atoms with E-state index in [1.165, 1.54) is 21.7 Å². The zero-order chi connectivity index (χ0) is 18.6. The maximum atomic E-state index is 6.98. The van der Waals surface area contributed by atoms with Crippen molar-refractivity contribution < 1.29 is 9.13 Å². The maximum Gasteiger partial charge on any atom is 0.513 e. The van der Waals surface area contributed by atoms with Crippen LogP contribution in [0.4, 0.5) is 0 Å². The van der Waals surface area contributed by atoms with E-state index in [2.05, 4.69) is 114 Å². The number of pyridine rings is 1. The Morgan fingerprint density at radius 1 is 0.571 bits per heavy atom. The van der Waals surface area contributed by atoms with Gasteiger partial charge in [-0.15, -0.1) is 0 Å². The second kappa shape index (κ2) is 5.70. The molecule has 0 bridgehead atoms. The molecule has 2 nitrogen and oxygen atoms in total. The predicted molar refractivity (Wildman–Crippen MR) is 116 cm³/mol. The van der Waals surface area contributed by atoms with Gasteiger partial charge >= 0.3 is 6.48 Å². The Balaban J connectivity index is 1.84. The van der Waals surface area contributed by atoms with E-state index in [1.807, 2.05) is 0 Å². The molecule has 4 aromatic carbocycles. The second-order valence-corrected chi connectivity index (χ2v) is 7.46. The van der Waals surface area contributed by atoms with Crippen molar-refractivity contribution >= 4 is 39.1 Å². The number of hydrogen-bond acceptors (Lipinski definition) is 1. The van der Waals surface area contributed by atoms with E-state index >= 15 is 0 Å². The third-order valence-corrected chi connectivity index (χ3v) is 5.98. The Labute approximate surface area is 163 Å². The Bertz CT molecular complexity index is 1290. The predicted octanol–water partition coefficient (Wildman–Crippen LogP) is 3.78. The van der Waals surface area contributed by atoms with E-state index in [0.29, 0.717) is 0 Å². The summed E-state index contributed by atoms with van der Waals surface area (Å²) in [6.07, 6.45) is 2.16. The standard InChI is InChI=1S/C25H18BNO/c1-3-11-21(12-4-1)26(22-13-5-2-6-14-22)27-18-8-10-20-17-16-19-9-7-15-23(28-26)24(19)25(20)27/h1-18H. The van der Waals surface area contributed by atoms with Crippen molar-refractivity contribution in [2.24, 2.45) is 0 Å². The van der Waals surface area contributed by atoms with Crippen LogP contribution < -0.4 is 20.1 Å². The van der Waals surface area contributed by atoms with E-state index < -0.39 is 6.48 Å². The number of rotatable bonds is 2. The first kappa shape index (κ1) is 15.5. The van der Waals surface area contributed by atoms with Crippen molar-refractivity contribution in [3.63, 3.8) is 0 Å². The molecule has 0 saturated carbocycles. The molecule has 1 aliphatic rings. The smallest absolute Gasteiger partial charge is 0.513 e. The minimum absolute atomic E-state index is 0.946. The van der Waals surface area contributed by atoms with Gasteiger partial charge in [-0.2, -0.15) is 0 Å². The second-order valence-electron chi connectivity index (χ2n) is 7.46. The summed E-state index contributed by atoms with van der Waals surface area (Å²) in [6, 6.07) is 36.2. The number of aromatic nitrogens is 1. The molecular weight excluding hydrogens is 341 g/mol. The highest BCUT2D eigenvalue weighted by atomic mass is 16.5. The van der Waals surface area contributed by atoms with Crippen LogP contribution >= 0.6 is 0 Å². The van der Waals surface area contributed by atoms with Crippen molar-refractivity contribution in [3.05, 3.63) is 109 Å². The van der Waals surface area contributed by atoms with Gasteiger partial charge in [-0.1, -0.05) is 89.8 Å². The van der Waals surface area contributed by atoms with E-state index in [0.717, 1.165) is 16.7 Å². The van der Waals surface area contributed by atoms with Crippen LogP contribution in [0.3, 0.4) is 0 Å². The van der Waals surface area contributed by atoms with E-state index in [-0.39, 0.29) is 0 Å². The van der Waals surface area contributed by atoms with Gasteiger partial charge in [0.05, 0.1) is 11.1 Å². The first-order valence-corrected chi connectivity index (χ1v) is 9.69. The quantitative estimate of drug-likeness (QED) is 0.345. The molecule has 0 N–H and O–H groups in total. The normalized spacial score (nSPS) is 14.3. The van der Waals surface area contributed by atoms with E-state index in [1.54, 1.807) is 0 Å². The van der Waals surface area contributed by atoms with Crippen molar-refractivity contribution in [1.82, 2.24) is 0 Å². The summed E-state index contributed by atoms with van der Waals surface area (Å²) in [6.45, 7) is -1.65. The van der Waals surface area contributed by atoms with Crippen molar-refractivity contribution in [2.45, 2.75) is 0 Å². The minimum atomic E-state index is -1.65. The van der Waals surface area contributed by atoms with Crippen molar-refractivity contribution in [1.29, 1.82) is 0 Å². The fourth-order valence-electron chi connectivity index (χ4n) is 4.79. The van der Waals surface area contributed by atoms with Gasteiger partial charge in [-0.05, 0) is 29.7 Å². The molecule has 5 aromatic rings. The average Bonchev–Trinajstić information content (AvgIpc) is 2.78. The molecule has 0 amide bonds. The first-order chi connectivity index (χ1) is 13.9. The van der Waals surface area contributed by atoms with Crippen LogP contribution in [-0.4, -0.2) is 6.48 Å². The Kier molecular flexibility index (Phi) is 3.15. The minimum Gasteiger partial charge on any atom is -0.651 e. The molecule has 28 heavy (non-hydrogen) atoms. The Morgan fingerprint density at radius 2 is 1.21 bits per heavy atom. The lowest BCUT2D eigenvalue weighted by Gasteiger charge is -2.40. The number of hydrogen-bond donors (Lipinski definition) is 0. The summed E-state index contributed by atoms with van der Waals surface area (Å²) in [5.41, 5.74) is 3.56. The molecule has 3 heteroatoms. The van der Waals surface area contributed by atoms with Crippen LogP contribution in [0.5, 0.6) is 5.75 Å². The summed E-state index contributed by atoms with van der Waals surface area (Å²) in [7, 11) is 0. The molecule has 0 radical (unpaired) electrons. The van der Waals surface area contributed by atoms with Crippen molar-refractivity contribution in [2.75, 3.05) is 0 Å². The SMILES string of the molecule is c1ccc([B-]2(c3ccccc3)Oc3cccc4ccc5ccc[n+]2c5c34)cc1. The third kappa shape index (κ3) is 1.96. The lowest BCUT2D eigenvalue weighted by molar-refractivity contribution is -0.523. The van der Waals surface area contributed by atoms with Gasteiger partial charge < -0.3 is 9.13 Å². The van der Waals surface area contributed by atoms with Gasteiger partial charge in [0.25, 0.3) is 0 Å². The maximum absolute atomic E-state index is 6.98. The zero-order valence-corrected chi connectivity index (χ0v) is 15.3. The summed E-state index contributed by atoms with van der Waals surface area (Å²) < 4.78 is 9.34. The first-order valence-electron chi connectivity index (χ1n) is 9.69. The molecule has 132 valence electrons. The third-order valence-electron chi connectivity index (χ3n) is 5.98. The van der Waals surface area contributed by atoms with Gasteiger partial charge in [0.2, 0.25) is 0 Å². The molecule has 1 aromatic heterocycles. The van der Waals surface area contributed by atoms with E-state index in [9.17, 15) is 0 Å². The molecule has 0 saturated heterocycles. The fourth-order valence-corrected chi connectivity index (χ4v) is 4.79. The van der Waals surface area contributed by atoms with Gasteiger partial charge in [0, 0.05) is 5.39 Å². The largest absolute Gasteiger partial charge is 0.651 e. The van der Waals surface area contributed by atoms with Crippen LogP contribution in [-0.2, 0) is 0 Å². The van der Waals surface area contributed by atoms with E-state index in [4.69, 9.17) is 4.65 Å². The summed E-state index contributed by atoms with van der Waals surface area (Å²) >= 11 is 0. The summed E-state index contributed by atoms with van der Waals surface area (Å²) in [4.78, 5) is 0. The molecule has 0 fully saturated rings. The highest BCUT2D eigenvalue weighted by Gasteiger charge is 2.48. The molecule has 0 atom stereocenters. The van der Waals surface area contributed by atoms with Gasteiger partial charge in [-0.25, -0.2) is 0 Å². The average molecular weight is 359 g/mol. The fraction of sp³-hybridized carbons (Fsp3) is 0. The monoisotopic (exact) mass is 359 g/mol. The van der Waals surface area contributed by atoms with Gasteiger partial charge in [0.1, 0.15) is 6.20 Å². The molecule has 0 spiro atoms. The molecular formula is C25H18BNO. The number of benzene rings is 4. The highest BCUT2D eigenvalue weighted by molar-refractivity contribution is 6.91. The summed E-state index contributed by atoms with van der Waals surface area (Å²) in [5.74, 6) is 0.946. The molecule has 0 aliphatic carbocycles. The molecule has 0 unspecified atom stereocenters. The van der Waals surface area contributed by atoms with Crippen LogP contribution in [0.1, 0.15) is 0 Å². The van der Waals surface area contributed by atoms with Gasteiger partial charge in [0.15, 0.2) is 5.52 Å². The Hall–Kier alpha value is -3.59. The summed E-state index contributed by atoms with van der Waals surface area (Å²) in [5, 5.41) is 3.62. The molecule has 2 heterocycles. The van der Waals surface area contributed by atoms with Crippen molar-refractivity contribution in [3.8, 4) is 5.75 Å². The lowest BCUT2D eigenvalue weighted by Crippen LogP contribution is -2.83. The van der Waals surface area contributed by atoms with Crippen LogP contribution in [0.15, 0.2) is 109 Å². The highest BCUT2D eigenvalue weighted by Crippen LogP contribution is 2.35. The topological polar surface area (TPSA) is 13.1 Å².